The smallest absolute Gasteiger partial charge is 0.313 e. The summed E-state index contributed by atoms with van der Waals surface area (Å²) in [5.41, 5.74) is 9.54. The molecule has 0 unspecified atom stereocenters. The monoisotopic (exact) mass is 800 g/mol. The number of sulfonamides is 1. The number of ketones is 1. The number of Topliss-reactive ketones (excluding diaryl/α,β-unsaturated/α-hetero) is 1. The van der Waals surface area contributed by atoms with E-state index in [1.807, 2.05) is 43.0 Å². The number of ether oxygens (including phenoxy) is 2. The Bertz CT molecular complexity index is 2110. The molecule has 0 aromatic heterocycles. The Hall–Kier alpha value is -4.93. The van der Waals surface area contributed by atoms with E-state index in [1.165, 1.54) is 10.4 Å². The number of nitrogens with zero attached hydrogens (tertiary/aromatic N) is 3. The number of hydrogen-bond donors (Lipinski definition) is 1. The van der Waals surface area contributed by atoms with Crippen LogP contribution in [0.5, 0.6) is 5.75 Å². The molecule has 0 atom stereocenters. The van der Waals surface area contributed by atoms with Gasteiger partial charge in [0.25, 0.3) is 0 Å². The van der Waals surface area contributed by atoms with E-state index in [1.54, 1.807) is 18.2 Å². The number of halogens is 4. The molecular weight excluding hydrogens is 757 g/mol. The van der Waals surface area contributed by atoms with Crippen LogP contribution in [0.25, 0.3) is 17.2 Å². The van der Waals surface area contributed by atoms with Crippen molar-refractivity contribution >= 4 is 45.3 Å². The number of amides is 1. The minimum atomic E-state index is -3.81. The van der Waals surface area contributed by atoms with Gasteiger partial charge in [-0.3, -0.25) is 14.4 Å². The van der Waals surface area contributed by atoms with Gasteiger partial charge in [0.15, 0.2) is 11.6 Å². The second-order valence-electron chi connectivity index (χ2n) is 13.7. The second kappa shape index (κ2) is 18.8. The molecule has 1 saturated heterocycles. The van der Waals surface area contributed by atoms with Gasteiger partial charge in [0.1, 0.15) is 11.6 Å². The molecule has 1 fully saturated rings. The summed E-state index contributed by atoms with van der Waals surface area (Å²) in [6.45, 7) is 5.54. The number of amidine groups is 1. The van der Waals surface area contributed by atoms with Gasteiger partial charge < -0.3 is 20.1 Å². The molecule has 3 aromatic rings. The topological polar surface area (TPSA) is 149 Å². The van der Waals surface area contributed by atoms with Crippen molar-refractivity contribution in [3.8, 4) is 16.9 Å². The molecule has 0 saturated carbocycles. The van der Waals surface area contributed by atoms with Gasteiger partial charge in [0.05, 0.1) is 30.2 Å². The summed E-state index contributed by atoms with van der Waals surface area (Å²) in [6.07, 6.45) is 3.92. The quantitative estimate of drug-likeness (QED) is 0.0491. The van der Waals surface area contributed by atoms with Crippen molar-refractivity contribution < 1.29 is 49.8 Å². The van der Waals surface area contributed by atoms with Crippen molar-refractivity contribution in [1.82, 2.24) is 9.21 Å². The van der Waals surface area contributed by atoms with Crippen molar-refractivity contribution in [2.75, 3.05) is 39.4 Å². The first-order valence-electron chi connectivity index (χ1n) is 18.4. The van der Waals surface area contributed by atoms with E-state index < -0.39 is 51.4 Å². The fourth-order valence-electron chi connectivity index (χ4n) is 6.39. The highest BCUT2D eigenvalue weighted by atomic mass is 32.2. The van der Waals surface area contributed by atoms with Gasteiger partial charge in [0, 0.05) is 62.6 Å². The third-order valence-electron chi connectivity index (χ3n) is 9.37. The second-order valence-corrected chi connectivity index (χ2v) is 15.6. The van der Waals surface area contributed by atoms with Crippen molar-refractivity contribution in [3.63, 3.8) is 0 Å². The number of esters is 1. The summed E-state index contributed by atoms with van der Waals surface area (Å²) < 4.78 is 92.0. The van der Waals surface area contributed by atoms with Crippen molar-refractivity contribution in [3.05, 3.63) is 82.9 Å². The summed E-state index contributed by atoms with van der Waals surface area (Å²) in [7, 11) is -3.81. The molecule has 300 valence electrons. The Morgan fingerprint density at radius 3 is 2.23 bits per heavy atom. The molecule has 3 aromatic carbocycles. The lowest BCUT2D eigenvalue weighted by atomic mass is 9.95. The van der Waals surface area contributed by atoms with Crippen LogP contribution in [0.4, 0.5) is 23.2 Å². The zero-order valence-electron chi connectivity index (χ0n) is 31.2. The third kappa shape index (κ3) is 10.3. The van der Waals surface area contributed by atoms with Gasteiger partial charge in [-0.25, -0.2) is 22.2 Å². The fourth-order valence-corrected chi connectivity index (χ4v) is 8.03. The highest BCUT2D eigenvalue weighted by molar-refractivity contribution is 7.89. The number of aliphatic imine (C=N–C) groups is 1. The Kier molecular flexibility index (Phi) is 14.2. The summed E-state index contributed by atoms with van der Waals surface area (Å²) in [4.78, 5) is 44.1. The van der Waals surface area contributed by atoms with Gasteiger partial charge in [-0.2, -0.15) is 13.1 Å². The van der Waals surface area contributed by atoms with E-state index in [-0.39, 0.29) is 74.1 Å². The summed E-state index contributed by atoms with van der Waals surface area (Å²) in [5.74, 6) is -9.68. The molecule has 1 amide bonds. The first-order chi connectivity index (χ1) is 26.7. The average Bonchev–Trinajstić information content (AvgIpc) is 3.32. The normalized spacial score (nSPS) is 14.6. The Balaban J connectivity index is 1.09. The van der Waals surface area contributed by atoms with Crippen LogP contribution < -0.4 is 10.5 Å². The van der Waals surface area contributed by atoms with Crippen LogP contribution in [0.3, 0.4) is 0 Å². The van der Waals surface area contributed by atoms with E-state index in [2.05, 4.69) is 9.73 Å². The van der Waals surface area contributed by atoms with Crippen LogP contribution in [0, 0.1) is 29.2 Å². The van der Waals surface area contributed by atoms with Gasteiger partial charge in [0.2, 0.25) is 33.3 Å². The number of benzene rings is 3. The van der Waals surface area contributed by atoms with Crippen LogP contribution in [0.1, 0.15) is 64.4 Å². The van der Waals surface area contributed by atoms with Crippen LogP contribution in [0.15, 0.2) is 64.0 Å². The zero-order valence-corrected chi connectivity index (χ0v) is 32.0. The maximum atomic E-state index is 13.7. The Labute approximate surface area is 323 Å². The molecular formula is C40H44F4N4O7S. The Morgan fingerprint density at radius 2 is 1.55 bits per heavy atom. The zero-order chi connectivity index (χ0) is 40.6. The Morgan fingerprint density at radius 1 is 0.893 bits per heavy atom. The number of nitrogens with two attached hydrogens (primary N) is 1. The lowest BCUT2D eigenvalue weighted by Crippen LogP contribution is -2.49. The number of carbonyl (C=O) groups is 3. The van der Waals surface area contributed by atoms with E-state index in [0.29, 0.717) is 42.2 Å². The standard InChI is InChI=1S/C40H44F4N4O7S/c1-3-14-47(15-4-2)40(51)29-18-28-10-9-27(20-34(28)46-35(45)21-29)26-6-5-7-31(19-26)56(52,53)48-23-25(24-48)8-11-30(49)12-16-54-17-13-36(50)55-39-37(43)32(41)22-33(42)38(39)44/h5-7,9-10,18-20,22,25H,3-4,8,11-17,21,23-24H2,1-2H3,(H2,45,46). The molecule has 2 aliphatic heterocycles. The molecule has 56 heavy (non-hydrogen) atoms. The molecule has 0 aliphatic carbocycles. The molecule has 0 radical (unpaired) electrons. The molecule has 2 N–H and O–H groups in total. The SMILES string of the molecule is CCCN(CCC)C(=O)C1=Cc2ccc(-c3cccc(S(=O)(=O)N4CC(CCC(=O)CCOCCC(=O)Oc5c(F)c(F)cc(F)c5F)C4)c3)cc2N=C(N)C1. The first-order valence-corrected chi connectivity index (χ1v) is 19.9. The highest BCUT2D eigenvalue weighted by Gasteiger charge is 2.36. The van der Waals surface area contributed by atoms with Gasteiger partial charge >= 0.3 is 5.97 Å². The lowest BCUT2D eigenvalue weighted by Gasteiger charge is -2.38. The highest BCUT2D eigenvalue weighted by Crippen LogP contribution is 2.35. The van der Waals surface area contributed by atoms with E-state index in [4.69, 9.17) is 10.5 Å². The molecule has 2 aliphatic rings. The largest absolute Gasteiger partial charge is 0.420 e. The summed E-state index contributed by atoms with van der Waals surface area (Å²) >= 11 is 0. The fraction of sp³-hybridized carbons (Fsp3) is 0.400. The minimum absolute atomic E-state index is 0.00776. The summed E-state index contributed by atoms with van der Waals surface area (Å²) in [6, 6.07) is 12.1. The number of fused-ring (bicyclic) bond motifs is 1. The maximum Gasteiger partial charge on any atom is 0.313 e. The van der Waals surface area contributed by atoms with Gasteiger partial charge in [-0.05, 0) is 60.6 Å². The predicted octanol–water partition coefficient (Wildman–Crippen LogP) is 6.71. The van der Waals surface area contributed by atoms with Gasteiger partial charge in [-0.15, -0.1) is 0 Å². The van der Waals surface area contributed by atoms with Crippen LogP contribution in [0.2, 0.25) is 0 Å². The van der Waals surface area contributed by atoms with Crippen LogP contribution in [-0.2, 0) is 29.1 Å². The predicted molar refractivity (Wildman–Crippen MR) is 201 cm³/mol. The molecule has 5 rings (SSSR count). The third-order valence-corrected chi connectivity index (χ3v) is 11.2. The van der Waals surface area contributed by atoms with Gasteiger partial charge in [-0.1, -0.05) is 38.1 Å². The molecule has 0 bridgehead atoms. The van der Waals surface area contributed by atoms with E-state index in [9.17, 15) is 40.4 Å². The summed E-state index contributed by atoms with van der Waals surface area (Å²) in [5, 5.41) is 0. The maximum absolute atomic E-state index is 13.7. The van der Waals surface area contributed by atoms with E-state index in [0.717, 1.165) is 24.0 Å². The van der Waals surface area contributed by atoms with Crippen LogP contribution in [-0.4, -0.2) is 80.5 Å². The molecule has 11 nitrogen and oxygen atoms in total. The van der Waals surface area contributed by atoms with E-state index >= 15 is 0 Å². The van der Waals surface area contributed by atoms with Crippen LogP contribution >= 0.6 is 0 Å². The molecule has 16 heteroatoms. The lowest BCUT2D eigenvalue weighted by molar-refractivity contribution is -0.136. The van der Waals surface area contributed by atoms with Crippen molar-refractivity contribution in [2.24, 2.45) is 16.6 Å². The number of carbonyl (C=O) groups excluding carboxylic acids is 3. The average molecular weight is 801 g/mol. The van der Waals surface area contributed by atoms with Crippen molar-refractivity contribution in [1.29, 1.82) is 0 Å². The molecule has 0 spiro atoms. The minimum Gasteiger partial charge on any atom is -0.420 e. The van der Waals surface area contributed by atoms with Crippen molar-refractivity contribution in [2.45, 2.75) is 63.7 Å². The first kappa shape index (κ1) is 42.2. The number of rotatable bonds is 18. The molecule has 2 heterocycles. The number of hydrogen-bond acceptors (Lipinski definition) is 9.